The van der Waals surface area contributed by atoms with Gasteiger partial charge in [-0.15, -0.1) is 5.10 Å². The van der Waals surface area contributed by atoms with E-state index in [-0.39, 0.29) is 23.5 Å². The lowest BCUT2D eigenvalue weighted by molar-refractivity contribution is -0.386. The van der Waals surface area contributed by atoms with Crippen LogP contribution in [0.2, 0.25) is 5.28 Å². The third-order valence-electron chi connectivity index (χ3n) is 5.60. The van der Waals surface area contributed by atoms with Gasteiger partial charge in [0.1, 0.15) is 5.69 Å². The fraction of sp³-hybridized carbons (Fsp3) is 0.619. The summed E-state index contributed by atoms with van der Waals surface area (Å²) in [6.07, 6.45) is 10.0. The van der Waals surface area contributed by atoms with Gasteiger partial charge in [0.15, 0.2) is 5.65 Å². The zero-order chi connectivity index (χ0) is 23.8. The highest BCUT2D eigenvalue weighted by Gasteiger charge is 2.24. The third-order valence-corrected chi connectivity index (χ3v) is 5.78. The van der Waals surface area contributed by atoms with Gasteiger partial charge < -0.3 is 9.47 Å². The van der Waals surface area contributed by atoms with Crippen molar-refractivity contribution < 1.29 is 14.4 Å². The Morgan fingerprint density at radius 2 is 2.09 bits per heavy atom. The average molecular weight is 480 g/mol. The Morgan fingerprint density at radius 3 is 2.73 bits per heavy atom. The molecule has 11 nitrogen and oxygen atoms in total. The Kier molecular flexibility index (Phi) is 8.95. The van der Waals surface area contributed by atoms with Crippen LogP contribution < -0.4 is 4.74 Å². The number of fused-ring (bicyclic) bond motifs is 1. The Hall–Kier alpha value is -2.79. The topological polar surface area (TPSA) is 134 Å². The van der Waals surface area contributed by atoms with Crippen LogP contribution in [-0.2, 0) is 17.7 Å². The van der Waals surface area contributed by atoms with Gasteiger partial charge in [0, 0.05) is 26.3 Å². The highest BCUT2D eigenvalue weighted by atomic mass is 35.5. The number of aromatic amines is 1. The second-order valence-corrected chi connectivity index (χ2v) is 8.19. The fourth-order valence-electron chi connectivity index (χ4n) is 3.81. The normalized spacial score (nSPS) is 14.2. The van der Waals surface area contributed by atoms with Crippen molar-refractivity contribution in [2.45, 2.75) is 71.4 Å². The Labute approximate surface area is 197 Å². The summed E-state index contributed by atoms with van der Waals surface area (Å²) in [4.78, 5) is 18.8. The molecule has 1 N–H and O–H groups in total. The molecule has 0 aliphatic heterocycles. The van der Waals surface area contributed by atoms with Gasteiger partial charge in [0.25, 0.3) is 0 Å². The number of hydrogen-bond donors (Lipinski definition) is 1. The highest BCUT2D eigenvalue weighted by Crippen LogP contribution is 2.28. The summed E-state index contributed by atoms with van der Waals surface area (Å²) in [5.74, 6) is 0.00808. The number of rotatable bonds is 8. The van der Waals surface area contributed by atoms with Crippen LogP contribution in [0.5, 0.6) is 5.88 Å². The molecule has 12 heteroatoms. The number of hydrogen-bond acceptors (Lipinski definition) is 8. The monoisotopic (exact) mass is 479 g/mol. The molecule has 0 bridgehead atoms. The second-order valence-electron chi connectivity index (χ2n) is 7.85. The summed E-state index contributed by atoms with van der Waals surface area (Å²) in [6.45, 7) is 4.46. The van der Waals surface area contributed by atoms with Crippen LogP contribution >= 0.6 is 11.6 Å². The summed E-state index contributed by atoms with van der Waals surface area (Å²) < 4.78 is 12.4. The van der Waals surface area contributed by atoms with Gasteiger partial charge >= 0.3 is 11.6 Å². The van der Waals surface area contributed by atoms with E-state index in [1.54, 1.807) is 10.9 Å². The third kappa shape index (κ3) is 6.38. The minimum Gasteiger partial charge on any atom is -0.472 e. The summed E-state index contributed by atoms with van der Waals surface area (Å²) >= 11 is 5.84. The predicted molar refractivity (Wildman–Crippen MR) is 124 cm³/mol. The molecule has 33 heavy (non-hydrogen) atoms. The summed E-state index contributed by atoms with van der Waals surface area (Å²) in [6, 6.07) is 0. The molecule has 3 aromatic heterocycles. The van der Waals surface area contributed by atoms with Crippen LogP contribution in [0.4, 0.5) is 5.69 Å². The average Bonchev–Trinajstić information content (AvgIpc) is 3.38. The molecule has 0 amide bonds. The first-order chi connectivity index (χ1) is 15.9. The molecule has 1 fully saturated rings. The zero-order valence-electron chi connectivity index (χ0n) is 19.2. The van der Waals surface area contributed by atoms with Gasteiger partial charge in [-0.2, -0.15) is 10.1 Å². The first-order valence-corrected chi connectivity index (χ1v) is 11.5. The lowest BCUT2D eigenvalue weighted by Gasteiger charge is -2.19. The number of H-pyrrole nitrogens is 1. The van der Waals surface area contributed by atoms with E-state index in [0.717, 1.165) is 11.1 Å². The Bertz CT molecular complexity index is 1060. The van der Waals surface area contributed by atoms with Crippen molar-refractivity contribution in [2.75, 3.05) is 13.7 Å². The summed E-state index contributed by atoms with van der Waals surface area (Å²) in [5, 5.41) is 23.0. The zero-order valence-corrected chi connectivity index (χ0v) is 20.0. The number of nitrogens with one attached hydrogen (secondary N) is 1. The Balaban J connectivity index is 0.000000323. The summed E-state index contributed by atoms with van der Waals surface area (Å²) in [5.41, 5.74) is 1.79. The van der Waals surface area contributed by atoms with Crippen LogP contribution in [0.15, 0.2) is 6.20 Å². The van der Waals surface area contributed by atoms with Crippen molar-refractivity contribution in [1.29, 1.82) is 0 Å². The number of nitrogens with zero attached hydrogens (tertiary/aromatic N) is 6. The molecule has 1 saturated carbocycles. The van der Waals surface area contributed by atoms with Gasteiger partial charge in [0.05, 0.1) is 28.7 Å². The van der Waals surface area contributed by atoms with E-state index in [2.05, 4.69) is 25.3 Å². The van der Waals surface area contributed by atoms with Crippen molar-refractivity contribution >= 4 is 28.3 Å². The highest BCUT2D eigenvalue weighted by molar-refractivity contribution is 6.28. The SMILES string of the molecule is CCc1[nH]nc(OCCCn2nc(C)c3cnc(Cl)nc32)c1[N+](=O)[O-].COC1CCCCC1. The molecule has 3 aromatic rings. The van der Waals surface area contributed by atoms with Crippen LogP contribution in [0, 0.1) is 17.0 Å². The van der Waals surface area contributed by atoms with Gasteiger partial charge in [0.2, 0.25) is 5.28 Å². The fourth-order valence-corrected chi connectivity index (χ4v) is 3.94. The largest absolute Gasteiger partial charge is 0.472 e. The smallest absolute Gasteiger partial charge is 0.352 e. The second kappa shape index (κ2) is 11.9. The minimum absolute atomic E-state index is 0.00808. The van der Waals surface area contributed by atoms with Gasteiger partial charge in [-0.25, -0.2) is 9.67 Å². The lowest BCUT2D eigenvalue weighted by atomic mass is 9.98. The molecular formula is C21H30ClN7O4. The first-order valence-electron chi connectivity index (χ1n) is 11.2. The van der Waals surface area contributed by atoms with E-state index < -0.39 is 4.92 Å². The summed E-state index contributed by atoms with van der Waals surface area (Å²) in [7, 11) is 1.82. The van der Waals surface area contributed by atoms with Crippen LogP contribution in [0.1, 0.15) is 56.8 Å². The van der Waals surface area contributed by atoms with Crippen molar-refractivity contribution in [3.05, 3.63) is 33.0 Å². The first kappa shape index (κ1) is 24.8. The number of methoxy groups -OCH3 is 1. The van der Waals surface area contributed by atoms with Crippen LogP contribution in [0.3, 0.4) is 0 Å². The number of nitro groups is 1. The van der Waals surface area contributed by atoms with Crippen molar-refractivity contribution in [2.24, 2.45) is 0 Å². The van der Waals surface area contributed by atoms with Gasteiger partial charge in [-0.1, -0.05) is 26.2 Å². The van der Waals surface area contributed by atoms with E-state index in [1.165, 1.54) is 32.1 Å². The molecule has 0 atom stereocenters. The van der Waals surface area contributed by atoms with Gasteiger partial charge in [-0.3, -0.25) is 15.2 Å². The van der Waals surface area contributed by atoms with Crippen molar-refractivity contribution in [3.8, 4) is 5.88 Å². The quantitative estimate of drug-likeness (QED) is 0.217. The number of halogens is 1. The maximum absolute atomic E-state index is 11.1. The molecule has 1 aliphatic rings. The number of ether oxygens (including phenoxy) is 2. The van der Waals surface area contributed by atoms with Gasteiger partial charge in [-0.05, 0) is 37.8 Å². The minimum atomic E-state index is -0.485. The van der Waals surface area contributed by atoms with E-state index in [0.29, 0.717) is 36.8 Å². The molecule has 3 heterocycles. The van der Waals surface area contributed by atoms with E-state index in [4.69, 9.17) is 21.1 Å². The van der Waals surface area contributed by atoms with E-state index in [9.17, 15) is 10.1 Å². The molecule has 0 spiro atoms. The molecule has 0 aromatic carbocycles. The maximum atomic E-state index is 11.1. The molecule has 0 unspecified atom stereocenters. The van der Waals surface area contributed by atoms with E-state index >= 15 is 0 Å². The number of aryl methyl sites for hydroxylation is 3. The standard InChI is InChI=1S/C14H16ClN7O3.C7H14O/c1-3-10-11(22(23)24)13(19-18-10)25-6-4-5-21-12-9(8(2)20-21)7-16-14(15)17-12;1-8-7-5-3-2-4-6-7/h7H,3-6H2,1-2H3,(H,18,19);7H,2-6H2,1H3. The molecule has 4 rings (SSSR count). The maximum Gasteiger partial charge on any atom is 0.352 e. The van der Waals surface area contributed by atoms with Crippen LogP contribution in [0.25, 0.3) is 11.0 Å². The molecule has 0 saturated heterocycles. The molecule has 0 radical (unpaired) electrons. The number of aromatic nitrogens is 6. The predicted octanol–water partition coefficient (Wildman–Crippen LogP) is 4.42. The molecular weight excluding hydrogens is 450 g/mol. The van der Waals surface area contributed by atoms with Crippen molar-refractivity contribution in [1.82, 2.24) is 29.9 Å². The lowest BCUT2D eigenvalue weighted by Crippen LogP contribution is -2.13. The van der Waals surface area contributed by atoms with E-state index in [1.807, 2.05) is 21.0 Å². The Morgan fingerprint density at radius 1 is 1.33 bits per heavy atom. The molecule has 1 aliphatic carbocycles. The van der Waals surface area contributed by atoms with Crippen molar-refractivity contribution in [3.63, 3.8) is 0 Å². The van der Waals surface area contributed by atoms with Crippen LogP contribution in [-0.4, -0.2) is 54.7 Å². The molecule has 180 valence electrons.